The van der Waals surface area contributed by atoms with Gasteiger partial charge in [0.2, 0.25) is 5.91 Å². The van der Waals surface area contributed by atoms with Crippen molar-refractivity contribution in [2.75, 3.05) is 20.1 Å². The summed E-state index contributed by atoms with van der Waals surface area (Å²) in [7, 11) is 1.84. The molecule has 0 saturated heterocycles. The average Bonchev–Trinajstić information content (AvgIpc) is 2.44. The number of amides is 1. The van der Waals surface area contributed by atoms with Crippen LogP contribution in [0.5, 0.6) is 0 Å². The van der Waals surface area contributed by atoms with Gasteiger partial charge >= 0.3 is 0 Å². The average molecular weight is 256 g/mol. The number of hydrogen-bond donors (Lipinski definition) is 1. The Morgan fingerprint density at radius 3 is 2.63 bits per heavy atom. The molecule has 1 N–H and O–H groups in total. The van der Waals surface area contributed by atoms with Gasteiger partial charge < -0.3 is 10.2 Å². The van der Waals surface area contributed by atoms with E-state index in [1.165, 1.54) is 10.8 Å². The van der Waals surface area contributed by atoms with Crippen molar-refractivity contribution in [1.82, 2.24) is 10.2 Å². The Bertz CT molecular complexity index is 565. The lowest BCUT2D eigenvalue weighted by molar-refractivity contribution is -0.129. The lowest BCUT2D eigenvalue weighted by Gasteiger charge is -2.17. The smallest absolute Gasteiger partial charge is 0.236 e. The summed E-state index contributed by atoms with van der Waals surface area (Å²) in [5.74, 6) is 0.120. The second-order valence-corrected chi connectivity index (χ2v) is 4.71. The minimum atomic E-state index is 0.120. The van der Waals surface area contributed by atoms with Crippen molar-refractivity contribution in [3.63, 3.8) is 0 Å². The van der Waals surface area contributed by atoms with Crippen molar-refractivity contribution in [2.45, 2.75) is 13.5 Å². The van der Waals surface area contributed by atoms with Gasteiger partial charge in [-0.1, -0.05) is 43.3 Å². The summed E-state index contributed by atoms with van der Waals surface area (Å²) in [6.45, 7) is 3.86. The fraction of sp³-hybridized carbons (Fsp3) is 0.312. The second kappa shape index (κ2) is 6.34. The SMILES string of the molecule is CCNCC(=O)N(C)Cc1ccc2ccccc2c1. The van der Waals surface area contributed by atoms with E-state index in [4.69, 9.17) is 0 Å². The third-order valence-electron chi connectivity index (χ3n) is 3.19. The first kappa shape index (κ1) is 13.6. The van der Waals surface area contributed by atoms with Crippen LogP contribution in [-0.2, 0) is 11.3 Å². The number of hydrogen-bond acceptors (Lipinski definition) is 2. The first-order valence-corrected chi connectivity index (χ1v) is 6.63. The van der Waals surface area contributed by atoms with Gasteiger partial charge in [-0.25, -0.2) is 0 Å². The Morgan fingerprint density at radius 2 is 1.89 bits per heavy atom. The number of nitrogens with zero attached hydrogens (tertiary/aromatic N) is 1. The number of carbonyl (C=O) groups excluding carboxylic acids is 1. The Labute approximate surface area is 114 Å². The molecule has 100 valence electrons. The van der Waals surface area contributed by atoms with Crippen LogP contribution in [0.1, 0.15) is 12.5 Å². The summed E-state index contributed by atoms with van der Waals surface area (Å²) in [6.07, 6.45) is 0. The molecule has 2 aromatic rings. The molecule has 0 aliphatic carbocycles. The van der Waals surface area contributed by atoms with Crippen LogP contribution >= 0.6 is 0 Å². The number of nitrogens with one attached hydrogen (secondary N) is 1. The number of fused-ring (bicyclic) bond motifs is 1. The maximum Gasteiger partial charge on any atom is 0.236 e. The van der Waals surface area contributed by atoms with Gasteiger partial charge in [0.25, 0.3) is 0 Å². The predicted molar refractivity (Wildman–Crippen MR) is 79.0 cm³/mol. The highest BCUT2D eigenvalue weighted by molar-refractivity contribution is 5.83. The molecular formula is C16H20N2O. The van der Waals surface area contributed by atoms with Crippen molar-refractivity contribution in [2.24, 2.45) is 0 Å². The summed E-state index contributed by atoms with van der Waals surface area (Å²) in [5, 5.41) is 5.50. The lowest BCUT2D eigenvalue weighted by atomic mass is 10.1. The van der Waals surface area contributed by atoms with Crippen LogP contribution in [0, 0.1) is 0 Å². The molecule has 0 atom stereocenters. The van der Waals surface area contributed by atoms with Crippen LogP contribution in [-0.4, -0.2) is 30.9 Å². The molecule has 0 fully saturated rings. The molecule has 2 aromatic carbocycles. The summed E-state index contributed by atoms with van der Waals surface area (Å²) < 4.78 is 0. The van der Waals surface area contributed by atoms with Gasteiger partial charge in [-0.2, -0.15) is 0 Å². The molecule has 1 amide bonds. The quantitative estimate of drug-likeness (QED) is 0.891. The molecule has 0 bridgehead atoms. The molecular weight excluding hydrogens is 236 g/mol. The molecule has 3 nitrogen and oxygen atoms in total. The zero-order valence-electron chi connectivity index (χ0n) is 11.5. The van der Waals surface area contributed by atoms with Crippen molar-refractivity contribution < 1.29 is 4.79 Å². The zero-order chi connectivity index (χ0) is 13.7. The van der Waals surface area contributed by atoms with Gasteiger partial charge in [0.05, 0.1) is 6.54 Å². The highest BCUT2D eigenvalue weighted by Gasteiger charge is 2.08. The molecule has 0 spiro atoms. The molecule has 0 heterocycles. The van der Waals surface area contributed by atoms with Crippen molar-refractivity contribution in [3.8, 4) is 0 Å². The number of benzene rings is 2. The van der Waals surface area contributed by atoms with E-state index in [1.54, 1.807) is 4.90 Å². The molecule has 0 saturated carbocycles. The number of rotatable bonds is 5. The molecule has 19 heavy (non-hydrogen) atoms. The van der Waals surface area contributed by atoms with Crippen LogP contribution in [0.4, 0.5) is 0 Å². The van der Waals surface area contributed by atoms with E-state index in [0.717, 1.165) is 12.1 Å². The van der Waals surface area contributed by atoms with E-state index >= 15 is 0 Å². The van der Waals surface area contributed by atoms with E-state index in [9.17, 15) is 4.79 Å². The van der Waals surface area contributed by atoms with E-state index in [0.29, 0.717) is 13.1 Å². The molecule has 0 aliphatic rings. The highest BCUT2D eigenvalue weighted by Crippen LogP contribution is 2.16. The first-order valence-electron chi connectivity index (χ1n) is 6.63. The van der Waals surface area contributed by atoms with E-state index in [-0.39, 0.29) is 5.91 Å². The third kappa shape index (κ3) is 3.55. The van der Waals surface area contributed by atoms with Crippen LogP contribution < -0.4 is 5.32 Å². The second-order valence-electron chi connectivity index (χ2n) is 4.71. The summed E-state index contributed by atoms with van der Waals surface area (Å²) in [5.41, 5.74) is 1.16. The van der Waals surface area contributed by atoms with Crippen molar-refractivity contribution >= 4 is 16.7 Å². The summed E-state index contributed by atoms with van der Waals surface area (Å²) in [4.78, 5) is 13.6. The van der Waals surface area contributed by atoms with Crippen molar-refractivity contribution in [1.29, 1.82) is 0 Å². The van der Waals surface area contributed by atoms with Gasteiger partial charge in [0, 0.05) is 13.6 Å². The molecule has 2 rings (SSSR count). The Morgan fingerprint density at radius 1 is 1.16 bits per heavy atom. The standard InChI is InChI=1S/C16H20N2O/c1-3-17-11-16(19)18(2)12-13-8-9-14-6-4-5-7-15(14)10-13/h4-10,17H,3,11-12H2,1-2H3. The first-order chi connectivity index (χ1) is 9.20. The van der Waals surface area contributed by atoms with Crippen LogP contribution in [0.2, 0.25) is 0 Å². The Balaban J connectivity index is 2.06. The fourth-order valence-corrected chi connectivity index (χ4v) is 2.07. The van der Waals surface area contributed by atoms with Gasteiger partial charge in [-0.15, -0.1) is 0 Å². The van der Waals surface area contributed by atoms with E-state index < -0.39 is 0 Å². The summed E-state index contributed by atoms with van der Waals surface area (Å²) in [6, 6.07) is 14.6. The maximum absolute atomic E-state index is 11.8. The molecule has 0 radical (unpaired) electrons. The topological polar surface area (TPSA) is 32.3 Å². The number of carbonyl (C=O) groups is 1. The molecule has 0 aliphatic heterocycles. The van der Waals surface area contributed by atoms with Crippen molar-refractivity contribution in [3.05, 3.63) is 48.0 Å². The predicted octanol–water partition coefficient (Wildman–Crippen LogP) is 2.41. The molecule has 0 aromatic heterocycles. The van der Waals surface area contributed by atoms with Gasteiger partial charge in [-0.05, 0) is 28.9 Å². The third-order valence-corrected chi connectivity index (χ3v) is 3.19. The fourth-order valence-electron chi connectivity index (χ4n) is 2.07. The maximum atomic E-state index is 11.8. The highest BCUT2D eigenvalue weighted by atomic mass is 16.2. The van der Waals surface area contributed by atoms with Crippen LogP contribution in [0.3, 0.4) is 0 Å². The minimum Gasteiger partial charge on any atom is -0.340 e. The van der Waals surface area contributed by atoms with E-state index in [2.05, 4.69) is 35.6 Å². The minimum absolute atomic E-state index is 0.120. The Hall–Kier alpha value is -1.87. The monoisotopic (exact) mass is 256 g/mol. The van der Waals surface area contributed by atoms with E-state index in [1.807, 2.05) is 26.1 Å². The lowest BCUT2D eigenvalue weighted by Crippen LogP contribution is -2.35. The Kier molecular flexibility index (Phi) is 4.53. The molecule has 3 heteroatoms. The van der Waals surface area contributed by atoms with Gasteiger partial charge in [0.15, 0.2) is 0 Å². The van der Waals surface area contributed by atoms with Crippen LogP contribution in [0.25, 0.3) is 10.8 Å². The van der Waals surface area contributed by atoms with Gasteiger partial charge in [0.1, 0.15) is 0 Å². The van der Waals surface area contributed by atoms with Crippen LogP contribution in [0.15, 0.2) is 42.5 Å². The number of likely N-dealkylation sites (N-methyl/N-ethyl adjacent to an activating group) is 2. The summed E-state index contributed by atoms with van der Waals surface area (Å²) >= 11 is 0. The zero-order valence-corrected chi connectivity index (χ0v) is 11.5. The van der Waals surface area contributed by atoms with Gasteiger partial charge in [-0.3, -0.25) is 4.79 Å². The normalized spacial score (nSPS) is 10.6. The molecule has 0 unspecified atom stereocenters. The largest absolute Gasteiger partial charge is 0.340 e.